The SMILES string of the molecule is O=[PH](CO)OCO.[NaH]. The first-order chi connectivity index (χ1) is 3.31. The second-order valence-electron chi connectivity index (χ2n) is 0.804. The Morgan fingerprint density at radius 2 is 2.00 bits per heavy atom. The molecule has 0 aliphatic carbocycles. The first kappa shape index (κ1) is 11.9. The number of aliphatic hydroxyl groups excluding tert-OH is 2. The van der Waals surface area contributed by atoms with Gasteiger partial charge in [-0.05, 0) is 0 Å². The van der Waals surface area contributed by atoms with Crippen LogP contribution in [0.15, 0.2) is 0 Å². The average molecular weight is 150 g/mol. The summed E-state index contributed by atoms with van der Waals surface area (Å²) in [5, 5.41) is 15.8. The molecule has 0 heterocycles. The van der Waals surface area contributed by atoms with Gasteiger partial charge in [0.05, 0.1) is 0 Å². The molecule has 4 nitrogen and oxygen atoms in total. The van der Waals surface area contributed by atoms with Gasteiger partial charge in [0.25, 0.3) is 0 Å². The van der Waals surface area contributed by atoms with Crippen LogP contribution in [0.1, 0.15) is 0 Å². The molecular formula is C2H8NaO4P. The van der Waals surface area contributed by atoms with Crippen molar-refractivity contribution in [2.24, 2.45) is 0 Å². The maximum absolute atomic E-state index is 9.96. The fraction of sp³-hybridized carbons (Fsp3) is 1.00. The normalized spacial score (nSPS) is 12.2. The molecular weight excluding hydrogens is 142 g/mol. The van der Waals surface area contributed by atoms with Gasteiger partial charge in [0.15, 0.2) is 6.79 Å². The van der Waals surface area contributed by atoms with Gasteiger partial charge in [0.2, 0.25) is 8.03 Å². The molecule has 0 saturated heterocycles. The summed E-state index contributed by atoms with van der Waals surface area (Å²) in [5.74, 6) is 0. The zero-order valence-electron chi connectivity index (χ0n) is 3.63. The molecule has 2 N–H and O–H groups in total. The van der Waals surface area contributed by atoms with Crippen molar-refractivity contribution in [1.82, 2.24) is 0 Å². The monoisotopic (exact) mass is 150 g/mol. The van der Waals surface area contributed by atoms with Gasteiger partial charge in [-0.1, -0.05) is 0 Å². The molecule has 46 valence electrons. The molecule has 0 fully saturated rings. The van der Waals surface area contributed by atoms with Crippen LogP contribution >= 0.6 is 8.03 Å². The Kier molecular flexibility index (Phi) is 12.0. The Hall–Kier alpha value is 1.11. The van der Waals surface area contributed by atoms with Gasteiger partial charge in [-0.2, -0.15) is 0 Å². The quantitative estimate of drug-likeness (QED) is 0.299. The second-order valence-corrected chi connectivity index (χ2v) is 2.15. The fourth-order valence-corrected chi connectivity index (χ4v) is 0.353. The molecule has 0 radical (unpaired) electrons. The Labute approximate surface area is 70.0 Å². The summed E-state index contributed by atoms with van der Waals surface area (Å²) in [6.45, 7) is -0.585. The Bertz CT molecular complexity index is 67.1. The van der Waals surface area contributed by atoms with E-state index in [-0.39, 0.29) is 29.6 Å². The van der Waals surface area contributed by atoms with Crippen LogP contribution in [0.3, 0.4) is 0 Å². The molecule has 0 aliphatic rings. The molecule has 6 heteroatoms. The molecule has 0 rings (SSSR count). The van der Waals surface area contributed by atoms with E-state index in [2.05, 4.69) is 4.52 Å². The van der Waals surface area contributed by atoms with E-state index in [0.29, 0.717) is 0 Å². The van der Waals surface area contributed by atoms with E-state index >= 15 is 0 Å². The molecule has 0 aliphatic heterocycles. The summed E-state index contributed by atoms with van der Waals surface area (Å²) in [4.78, 5) is 0. The molecule has 0 aromatic carbocycles. The zero-order chi connectivity index (χ0) is 5.70. The zero-order valence-corrected chi connectivity index (χ0v) is 4.63. The molecule has 0 spiro atoms. The molecule has 0 aromatic heterocycles. The minimum atomic E-state index is -2.32. The summed E-state index contributed by atoms with van der Waals surface area (Å²) in [7, 11) is -2.32. The number of hydrogen-bond acceptors (Lipinski definition) is 4. The van der Waals surface area contributed by atoms with E-state index in [0.717, 1.165) is 0 Å². The van der Waals surface area contributed by atoms with Crippen molar-refractivity contribution < 1.29 is 19.3 Å². The van der Waals surface area contributed by atoms with Gasteiger partial charge in [-0.15, -0.1) is 0 Å². The predicted octanol–water partition coefficient (Wildman–Crippen LogP) is -1.27. The van der Waals surface area contributed by atoms with E-state index in [1.165, 1.54) is 0 Å². The van der Waals surface area contributed by atoms with Crippen LogP contribution in [0.4, 0.5) is 0 Å². The molecule has 1 unspecified atom stereocenters. The van der Waals surface area contributed by atoms with E-state index in [1.54, 1.807) is 0 Å². The fourth-order valence-electron chi connectivity index (χ4n) is 0.118. The summed E-state index contributed by atoms with van der Waals surface area (Å²) in [5.41, 5.74) is 0. The first-order valence-electron chi connectivity index (χ1n) is 1.68. The molecule has 0 amide bonds. The van der Waals surface area contributed by atoms with Crippen molar-refractivity contribution in [2.45, 2.75) is 0 Å². The van der Waals surface area contributed by atoms with Gasteiger partial charge in [0.1, 0.15) is 6.35 Å². The standard InChI is InChI=1S/C2H7O4P.Na.H/c3-1-6-7(5)2-4;;/h3-4,7H,1-2H2;;. The molecule has 0 aromatic rings. The van der Waals surface area contributed by atoms with E-state index in [1.807, 2.05) is 0 Å². The Morgan fingerprint density at radius 3 is 2.12 bits per heavy atom. The number of hydrogen-bond donors (Lipinski definition) is 2. The van der Waals surface area contributed by atoms with E-state index < -0.39 is 21.2 Å². The third-order valence-corrected chi connectivity index (χ3v) is 1.06. The Morgan fingerprint density at radius 1 is 1.50 bits per heavy atom. The van der Waals surface area contributed by atoms with Gasteiger partial charge >= 0.3 is 29.6 Å². The molecule has 8 heavy (non-hydrogen) atoms. The topological polar surface area (TPSA) is 66.8 Å². The number of aliphatic hydroxyl groups is 2. The van der Waals surface area contributed by atoms with Gasteiger partial charge in [0, 0.05) is 0 Å². The van der Waals surface area contributed by atoms with Gasteiger partial charge in [-0.25, -0.2) is 0 Å². The second kappa shape index (κ2) is 8.11. The summed E-state index contributed by atoms with van der Waals surface area (Å²) in [6, 6.07) is 0. The van der Waals surface area contributed by atoms with Crippen LogP contribution in [0.5, 0.6) is 0 Å². The van der Waals surface area contributed by atoms with Crippen LogP contribution in [-0.2, 0) is 9.09 Å². The van der Waals surface area contributed by atoms with Crippen LogP contribution in [0.25, 0.3) is 0 Å². The van der Waals surface area contributed by atoms with Crippen LogP contribution in [-0.4, -0.2) is 52.9 Å². The van der Waals surface area contributed by atoms with Crippen molar-refractivity contribution in [2.75, 3.05) is 13.1 Å². The minimum absolute atomic E-state index is 0. The van der Waals surface area contributed by atoms with Crippen molar-refractivity contribution in [3.63, 3.8) is 0 Å². The summed E-state index contributed by atoms with van der Waals surface area (Å²) in [6.07, 6.45) is -0.495. The summed E-state index contributed by atoms with van der Waals surface area (Å²) >= 11 is 0. The van der Waals surface area contributed by atoms with Crippen molar-refractivity contribution in [1.29, 1.82) is 0 Å². The van der Waals surface area contributed by atoms with Crippen molar-refractivity contribution >= 4 is 37.6 Å². The predicted molar refractivity (Wildman–Crippen MR) is 31.4 cm³/mol. The first-order valence-corrected chi connectivity index (χ1v) is 3.21. The molecule has 1 atom stereocenters. The van der Waals surface area contributed by atoms with Gasteiger partial charge < -0.3 is 14.7 Å². The maximum atomic E-state index is 9.96. The third-order valence-electron chi connectivity index (χ3n) is 0.355. The summed E-state index contributed by atoms with van der Waals surface area (Å²) < 4.78 is 14.0. The number of rotatable bonds is 3. The third kappa shape index (κ3) is 7.11. The van der Waals surface area contributed by atoms with Crippen LogP contribution < -0.4 is 0 Å². The van der Waals surface area contributed by atoms with Crippen LogP contribution in [0.2, 0.25) is 0 Å². The van der Waals surface area contributed by atoms with E-state index in [4.69, 9.17) is 10.2 Å². The van der Waals surface area contributed by atoms with Crippen molar-refractivity contribution in [3.05, 3.63) is 0 Å². The average Bonchev–Trinajstić information content (AvgIpc) is 1.68. The van der Waals surface area contributed by atoms with Crippen LogP contribution in [0, 0.1) is 0 Å². The van der Waals surface area contributed by atoms with E-state index in [9.17, 15) is 4.57 Å². The molecule has 0 bridgehead atoms. The molecule has 0 saturated carbocycles. The van der Waals surface area contributed by atoms with Crippen molar-refractivity contribution in [3.8, 4) is 0 Å². The Balaban J connectivity index is 0. The van der Waals surface area contributed by atoms with Gasteiger partial charge in [-0.3, -0.25) is 4.57 Å².